The van der Waals surface area contributed by atoms with E-state index >= 15 is 0 Å². The number of nitrogens with one attached hydrogen (secondary N) is 2. The Morgan fingerprint density at radius 1 is 0.786 bits per heavy atom. The minimum atomic E-state index is 0.735. The van der Waals surface area contributed by atoms with Crippen molar-refractivity contribution in [1.29, 1.82) is 0 Å². The summed E-state index contributed by atoms with van der Waals surface area (Å²) in [4.78, 5) is 0. The number of rotatable bonds is 11. The Bertz CT molecular complexity index is 84.5. The summed E-state index contributed by atoms with van der Waals surface area (Å²) in [6.45, 7) is 8.83. The van der Waals surface area contributed by atoms with E-state index in [9.17, 15) is 0 Å². The van der Waals surface area contributed by atoms with E-state index in [0.29, 0.717) is 0 Å². The van der Waals surface area contributed by atoms with Crippen molar-refractivity contribution in [3.8, 4) is 0 Å². The van der Waals surface area contributed by atoms with Gasteiger partial charge in [-0.15, -0.1) is 0 Å². The maximum Gasteiger partial charge on any atom is 0.00745 e. The average molecular weight is 200 g/mol. The van der Waals surface area contributed by atoms with Crippen LogP contribution in [0.3, 0.4) is 0 Å². The van der Waals surface area contributed by atoms with Crippen molar-refractivity contribution in [1.82, 2.24) is 10.6 Å². The Balaban J connectivity index is 2.78. The zero-order valence-corrected chi connectivity index (χ0v) is 9.36. The van der Waals surface area contributed by atoms with Gasteiger partial charge in [0.1, 0.15) is 0 Å². The van der Waals surface area contributed by atoms with Crippen LogP contribution in [0, 0.1) is 6.92 Å². The predicted octanol–water partition coefficient (Wildman–Crippen LogP) is 0.909. The van der Waals surface area contributed by atoms with Crippen molar-refractivity contribution in [2.24, 2.45) is 5.73 Å². The molecule has 0 aliphatic rings. The number of hydrogen-bond donors (Lipinski definition) is 3. The lowest BCUT2D eigenvalue weighted by atomic mass is 10.2. The lowest BCUT2D eigenvalue weighted by molar-refractivity contribution is 0.570. The third-order valence-electron chi connectivity index (χ3n) is 2.13. The van der Waals surface area contributed by atoms with Crippen molar-refractivity contribution in [3.05, 3.63) is 6.92 Å². The molecule has 0 aromatic rings. The molecule has 0 spiro atoms. The van der Waals surface area contributed by atoms with Crippen LogP contribution < -0.4 is 16.4 Å². The second-order valence-corrected chi connectivity index (χ2v) is 3.56. The number of nitrogens with two attached hydrogens (primary N) is 1. The van der Waals surface area contributed by atoms with E-state index in [1.807, 2.05) is 0 Å². The summed E-state index contributed by atoms with van der Waals surface area (Å²) < 4.78 is 0. The number of hydrogen-bond acceptors (Lipinski definition) is 3. The average Bonchev–Trinajstić information content (AvgIpc) is 2.21. The molecule has 0 saturated heterocycles. The van der Waals surface area contributed by atoms with E-state index in [1.54, 1.807) is 0 Å². The minimum Gasteiger partial charge on any atom is -0.329 e. The first-order valence-corrected chi connectivity index (χ1v) is 5.82. The molecule has 0 rings (SSSR count). The first-order valence-electron chi connectivity index (χ1n) is 5.82. The van der Waals surface area contributed by atoms with Crippen molar-refractivity contribution < 1.29 is 0 Å². The van der Waals surface area contributed by atoms with Crippen molar-refractivity contribution in [3.63, 3.8) is 0 Å². The fourth-order valence-corrected chi connectivity index (χ4v) is 1.29. The second-order valence-electron chi connectivity index (χ2n) is 3.56. The van der Waals surface area contributed by atoms with Crippen LogP contribution in [0.5, 0.6) is 0 Å². The molecular formula is C11H26N3. The molecule has 0 bridgehead atoms. The van der Waals surface area contributed by atoms with Crippen molar-refractivity contribution in [2.45, 2.75) is 32.1 Å². The van der Waals surface area contributed by atoms with Gasteiger partial charge < -0.3 is 16.4 Å². The van der Waals surface area contributed by atoms with Crippen LogP contribution in [-0.4, -0.2) is 32.7 Å². The molecule has 3 heteroatoms. The summed E-state index contributed by atoms with van der Waals surface area (Å²) >= 11 is 0. The van der Waals surface area contributed by atoms with Gasteiger partial charge >= 0.3 is 0 Å². The lowest BCUT2D eigenvalue weighted by Gasteiger charge is -2.05. The predicted molar refractivity (Wildman–Crippen MR) is 63.2 cm³/mol. The third kappa shape index (κ3) is 11.9. The largest absolute Gasteiger partial charge is 0.329 e. The van der Waals surface area contributed by atoms with Gasteiger partial charge in [-0.2, -0.15) is 0 Å². The van der Waals surface area contributed by atoms with Crippen LogP contribution in [0.1, 0.15) is 32.1 Å². The molecule has 0 saturated carbocycles. The number of unbranched alkanes of at least 4 members (excludes halogenated alkanes) is 3. The molecule has 0 fully saturated rings. The highest BCUT2D eigenvalue weighted by molar-refractivity contribution is 4.53. The molecule has 0 amide bonds. The van der Waals surface area contributed by atoms with Gasteiger partial charge in [0.2, 0.25) is 0 Å². The molecular weight excluding hydrogens is 174 g/mol. The van der Waals surface area contributed by atoms with Crippen LogP contribution in [-0.2, 0) is 0 Å². The van der Waals surface area contributed by atoms with E-state index in [0.717, 1.165) is 39.1 Å². The lowest BCUT2D eigenvalue weighted by Crippen LogP contribution is -2.26. The van der Waals surface area contributed by atoms with Crippen LogP contribution in [0.25, 0.3) is 0 Å². The quantitative estimate of drug-likeness (QED) is 0.435. The van der Waals surface area contributed by atoms with E-state index in [1.165, 1.54) is 25.7 Å². The van der Waals surface area contributed by atoms with Gasteiger partial charge in [-0.05, 0) is 32.5 Å². The third-order valence-corrected chi connectivity index (χ3v) is 2.13. The normalized spacial score (nSPS) is 10.7. The molecule has 3 nitrogen and oxygen atoms in total. The van der Waals surface area contributed by atoms with E-state index in [-0.39, 0.29) is 0 Å². The summed E-state index contributed by atoms with van der Waals surface area (Å²) in [5, 5.41) is 6.70. The van der Waals surface area contributed by atoms with Crippen molar-refractivity contribution >= 4 is 0 Å². The van der Waals surface area contributed by atoms with Crippen LogP contribution in [0.15, 0.2) is 0 Å². The van der Waals surface area contributed by atoms with Gasteiger partial charge in [0.05, 0.1) is 0 Å². The van der Waals surface area contributed by atoms with Crippen LogP contribution in [0.2, 0.25) is 0 Å². The molecule has 0 heterocycles. The first-order chi connectivity index (χ1) is 6.91. The van der Waals surface area contributed by atoms with Gasteiger partial charge in [0.25, 0.3) is 0 Å². The van der Waals surface area contributed by atoms with Crippen molar-refractivity contribution in [2.75, 3.05) is 32.7 Å². The standard InChI is InChI=1S/C11H26N3/c1-2-3-4-5-8-13-9-6-10-14-11-7-12/h13-14H,1-12H2. The molecule has 85 valence electrons. The van der Waals surface area contributed by atoms with E-state index in [2.05, 4.69) is 17.6 Å². The fraction of sp³-hybridized carbons (Fsp3) is 0.909. The fourth-order valence-electron chi connectivity index (χ4n) is 1.29. The zero-order valence-electron chi connectivity index (χ0n) is 9.36. The Kier molecular flexibility index (Phi) is 12.8. The Labute approximate surface area is 88.8 Å². The highest BCUT2D eigenvalue weighted by Crippen LogP contribution is 1.96. The zero-order chi connectivity index (χ0) is 10.5. The first kappa shape index (κ1) is 13.9. The van der Waals surface area contributed by atoms with Gasteiger partial charge in [-0.1, -0.05) is 26.2 Å². The second kappa shape index (κ2) is 12.9. The van der Waals surface area contributed by atoms with Gasteiger partial charge in [0.15, 0.2) is 0 Å². The van der Waals surface area contributed by atoms with E-state index < -0.39 is 0 Å². The molecule has 0 aliphatic heterocycles. The van der Waals surface area contributed by atoms with Gasteiger partial charge in [0, 0.05) is 13.1 Å². The molecule has 0 atom stereocenters. The van der Waals surface area contributed by atoms with Gasteiger partial charge in [-0.25, -0.2) is 0 Å². The van der Waals surface area contributed by atoms with Crippen LogP contribution in [0.4, 0.5) is 0 Å². The summed E-state index contributed by atoms with van der Waals surface area (Å²) in [5.74, 6) is 0. The highest BCUT2D eigenvalue weighted by atomic mass is 14.9. The Morgan fingerprint density at radius 3 is 2.07 bits per heavy atom. The summed E-state index contributed by atoms with van der Waals surface area (Å²) in [7, 11) is 0. The molecule has 4 N–H and O–H groups in total. The molecule has 0 unspecified atom stereocenters. The summed E-state index contributed by atoms with van der Waals surface area (Å²) in [6.07, 6.45) is 6.12. The van der Waals surface area contributed by atoms with Crippen LogP contribution >= 0.6 is 0 Å². The summed E-state index contributed by atoms with van der Waals surface area (Å²) in [5.41, 5.74) is 5.35. The Hall–Kier alpha value is -0.120. The monoisotopic (exact) mass is 200 g/mol. The molecule has 0 aliphatic carbocycles. The molecule has 0 aromatic heterocycles. The smallest absolute Gasteiger partial charge is 0.00745 e. The topological polar surface area (TPSA) is 50.1 Å². The maximum absolute atomic E-state index is 5.35. The summed E-state index contributed by atoms with van der Waals surface area (Å²) in [6, 6.07) is 0. The molecule has 14 heavy (non-hydrogen) atoms. The molecule has 0 aromatic carbocycles. The minimum absolute atomic E-state index is 0.735. The van der Waals surface area contributed by atoms with Gasteiger partial charge in [-0.3, -0.25) is 0 Å². The highest BCUT2D eigenvalue weighted by Gasteiger charge is 1.89. The van der Waals surface area contributed by atoms with E-state index in [4.69, 9.17) is 5.73 Å². The maximum atomic E-state index is 5.35. The Morgan fingerprint density at radius 2 is 1.43 bits per heavy atom. The molecule has 1 radical (unpaired) electrons. The SMILES string of the molecule is [CH2]CCCCCNCCCNCCN.